The van der Waals surface area contributed by atoms with E-state index in [0.717, 1.165) is 22.5 Å². The lowest BCUT2D eigenvalue weighted by molar-refractivity contribution is -0.132. The van der Waals surface area contributed by atoms with Gasteiger partial charge < -0.3 is 9.92 Å². The van der Waals surface area contributed by atoms with Gasteiger partial charge in [-0.3, -0.25) is 4.79 Å². The molecule has 76 valence electrons. The van der Waals surface area contributed by atoms with Crippen molar-refractivity contribution in [1.82, 2.24) is 0 Å². The predicted molar refractivity (Wildman–Crippen MR) is 56.6 cm³/mol. The molecule has 0 heterocycles. The van der Waals surface area contributed by atoms with Crippen LogP contribution >= 0.6 is 12.0 Å². The van der Waals surface area contributed by atoms with Gasteiger partial charge in [-0.1, -0.05) is 19.1 Å². The van der Waals surface area contributed by atoms with Crippen molar-refractivity contribution in [2.45, 2.75) is 24.8 Å². The molecule has 0 atom stereocenters. The van der Waals surface area contributed by atoms with Crippen molar-refractivity contribution >= 4 is 18.0 Å². The fourth-order valence-electron chi connectivity index (χ4n) is 0.878. The lowest BCUT2D eigenvalue weighted by Crippen LogP contribution is -1.97. The van der Waals surface area contributed by atoms with Crippen LogP contribution in [0, 0.1) is 0 Å². The van der Waals surface area contributed by atoms with Crippen LogP contribution < -0.4 is 5.73 Å². The maximum atomic E-state index is 10.9. The number of carbonyl (C=O) groups is 1. The van der Waals surface area contributed by atoms with Crippen LogP contribution in [0.4, 0.5) is 0 Å². The van der Waals surface area contributed by atoms with Gasteiger partial charge in [-0.05, 0) is 17.7 Å². The van der Waals surface area contributed by atoms with Gasteiger partial charge in [0.15, 0.2) is 0 Å². The largest absolute Gasteiger partial charge is 0.386 e. The van der Waals surface area contributed by atoms with Gasteiger partial charge in [0, 0.05) is 17.9 Å². The second-order valence-corrected chi connectivity index (χ2v) is 3.55. The van der Waals surface area contributed by atoms with E-state index in [1.807, 2.05) is 24.3 Å². The highest BCUT2D eigenvalue weighted by molar-refractivity contribution is 7.95. The van der Waals surface area contributed by atoms with E-state index in [-0.39, 0.29) is 5.97 Å². The minimum Gasteiger partial charge on any atom is -0.386 e. The van der Waals surface area contributed by atoms with Gasteiger partial charge in [-0.2, -0.15) is 0 Å². The van der Waals surface area contributed by atoms with Crippen molar-refractivity contribution in [2.75, 3.05) is 0 Å². The first kappa shape index (κ1) is 11.1. The Morgan fingerprint density at radius 2 is 2.36 bits per heavy atom. The lowest BCUT2D eigenvalue weighted by Gasteiger charge is -2.02. The molecule has 0 saturated carbocycles. The first-order chi connectivity index (χ1) is 6.76. The lowest BCUT2D eigenvalue weighted by atomic mass is 10.2. The molecule has 14 heavy (non-hydrogen) atoms. The number of rotatable bonds is 4. The number of benzene rings is 1. The summed E-state index contributed by atoms with van der Waals surface area (Å²) in [4.78, 5) is 11.8. The number of hydrogen-bond donors (Lipinski definition) is 1. The molecule has 0 aliphatic heterocycles. The molecule has 4 heteroatoms. The van der Waals surface area contributed by atoms with Crippen LogP contribution in [-0.2, 0) is 15.5 Å². The van der Waals surface area contributed by atoms with E-state index in [9.17, 15) is 4.79 Å². The molecule has 3 nitrogen and oxygen atoms in total. The summed E-state index contributed by atoms with van der Waals surface area (Å²) < 4.78 is 4.91. The van der Waals surface area contributed by atoms with Gasteiger partial charge in [0.25, 0.3) is 0 Å². The van der Waals surface area contributed by atoms with Gasteiger partial charge in [0.1, 0.15) is 0 Å². The Bertz CT molecular complexity index is 315. The Morgan fingerprint density at radius 3 is 3.00 bits per heavy atom. The number of hydrogen-bond acceptors (Lipinski definition) is 4. The average Bonchev–Trinajstić information content (AvgIpc) is 2.26. The zero-order chi connectivity index (χ0) is 10.4. The minimum atomic E-state index is -0.215. The zero-order valence-electron chi connectivity index (χ0n) is 8.03. The first-order valence-electron chi connectivity index (χ1n) is 4.42. The van der Waals surface area contributed by atoms with E-state index in [1.54, 1.807) is 6.92 Å². The summed E-state index contributed by atoms with van der Waals surface area (Å²) in [6.07, 6.45) is 0.392. The molecule has 0 fully saturated rings. The molecule has 0 radical (unpaired) electrons. The Morgan fingerprint density at radius 1 is 1.57 bits per heavy atom. The summed E-state index contributed by atoms with van der Waals surface area (Å²) in [5.74, 6) is -0.215. The summed E-state index contributed by atoms with van der Waals surface area (Å²) in [6.45, 7) is 2.26. The molecule has 0 spiro atoms. The maximum Gasteiger partial charge on any atom is 0.317 e. The summed E-state index contributed by atoms with van der Waals surface area (Å²) in [7, 11) is 0. The van der Waals surface area contributed by atoms with Crippen LogP contribution in [0.5, 0.6) is 0 Å². The number of nitrogens with two attached hydrogens (primary N) is 1. The Hall–Kier alpha value is -1.00. The van der Waals surface area contributed by atoms with Crippen molar-refractivity contribution < 1.29 is 8.98 Å². The van der Waals surface area contributed by atoms with Crippen LogP contribution in [-0.4, -0.2) is 5.97 Å². The summed E-state index contributed by atoms with van der Waals surface area (Å²) >= 11 is 1.08. The molecule has 1 rings (SSSR count). The predicted octanol–water partition coefficient (Wildman–Crippen LogP) is 2.11. The van der Waals surface area contributed by atoms with Crippen molar-refractivity contribution in [3.05, 3.63) is 29.8 Å². The van der Waals surface area contributed by atoms with Gasteiger partial charge in [0.05, 0.1) is 12.0 Å². The summed E-state index contributed by atoms with van der Waals surface area (Å²) in [5, 5.41) is 0. The third kappa shape index (κ3) is 3.40. The van der Waals surface area contributed by atoms with Gasteiger partial charge >= 0.3 is 5.97 Å². The molecule has 2 N–H and O–H groups in total. The number of carbonyl (C=O) groups excluding carboxylic acids is 1. The molecule has 0 aliphatic rings. The molecule has 1 aromatic carbocycles. The first-order valence-corrected chi connectivity index (χ1v) is 5.16. The quantitative estimate of drug-likeness (QED) is 0.775. The van der Waals surface area contributed by atoms with Gasteiger partial charge in [0.2, 0.25) is 0 Å². The van der Waals surface area contributed by atoms with Crippen molar-refractivity contribution in [2.24, 2.45) is 5.73 Å². The van der Waals surface area contributed by atoms with Crippen molar-refractivity contribution in [1.29, 1.82) is 0 Å². The second-order valence-electron chi connectivity index (χ2n) is 2.74. The molecule has 0 aliphatic carbocycles. The Balaban J connectivity index is 2.54. The molecular formula is C10H13NO2S. The fourth-order valence-corrected chi connectivity index (χ4v) is 1.52. The average molecular weight is 211 g/mol. The standard InChI is InChI=1S/C10H13NO2S/c1-2-10(12)13-14-9-5-3-4-8(6-9)7-11/h3-6H,2,7,11H2,1H3. The summed E-state index contributed by atoms with van der Waals surface area (Å²) in [6, 6.07) is 7.62. The highest BCUT2D eigenvalue weighted by Crippen LogP contribution is 2.20. The molecule has 0 aromatic heterocycles. The van der Waals surface area contributed by atoms with E-state index in [0.29, 0.717) is 13.0 Å². The van der Waals surface area contributed by atoms with Gasteiger partial charge in [-0.15, -0.1) is 0 Å². The van der Waals surface area contributed by atoms with E-state index >= 15 is 0 Å². The third-order valence-corrected chi connectivity index (χ3v) is 2.37. The van der Waals surface area contributed by atoms with Crippen LogP contribution in [0.15, 0.2) is 29.2 Å². The van der Waals surface area contributed by atoms with E-state index in [2.05, 4.69) is 0 Å². The highest BCUT2D eigenvalue weighted by atomic mass is 32.2. The SMILES string of the molecule is CCC(=O)OSc1cccc(CN)c1. The Labute approximate surface area is 87.8 Å². The zero-order valence-corrected chi connectivity index (χ0v) is 8.84. The van der Waals surface area contributed by atoms with Crippen molar-refractivity contribution in [3.8, 4) is 0 Å². The topological polar surface area (TPSA) is 52.3 Å². The molecule has 0 bridgehead atoms. The van der Waals surface area contributed by atoms with E-state index in [4.69, 9.17) is 9.92 Å². The van der Waals surface area contributed by atoms with E-state index in [1.165, 1.54) is 0 Å². The highest BCUT2D eigenvalue weighted by Gasteiger charge is 2.01. The molecular weight excluding hydrogens is 198 g/mol. The minimum absolute atomic E-state index is 0.215. The smallest absolute Gasteiger partial charge is 0.317 e. The monoisotopic (exact) mass is 211 g/mol. The normalized spacial score (nSPS) is 9.86. The molecule has 0 saturated heterocycles. The van der Waals surface area contributed by atoms with Crippen LogP contribution in [0.2, 0.25) is 0 Å². The molecule has 0 unspecified atom stereocenters. The van der Waals surface area contributed by atoms with Crippen LogP contribution in [0.3, 0.4) is 0 Å². The van der Waals surface area contributed by atoms with Crippen LogP contribution in [0.1, 0.15) is 18.9 Å². The van der Waals surface area contributed by atoms with Gasteiger partial charge in [-0.25, -0.2) is 0 Å². The second kappa shape index (κ2) is 5.67. The Kier molecular flexibility index (Phi) is 4.49. The fraction of sp³-hybridized carbons (Fsp3) is 0.300. The maximum absolute atomic E-state index is 10.9. The van der Waals surface area contributed by atoms with Crippen molar-refractivity contribution in [3.63, 3.8) is 0 Å². The van der Waals surface area contributed by atoms with E-state index < -0.39 is 0 Å². The molecule has 1 aromatic rings. The third-order valence-electron chi connectivity index (χ3n) is 1.65. The summed E-state index contributed by atoms with van der Waals surface area (Å²) in [5.41, 5.74) is 6.51. The van der Waals surface area contributed by atoms with Crippen LogP contribution in [0.25, 0.3) is 0 Å². The molecule has 0 amide bonds.